The molecule has 0 aromatic heterocycles. The minimum absolute atomic E-state index is 0.231. The average Bonchev–Trinajstić information content (AvgIpc) is 2.92. The van der Waals surface area contributed by atoms with Crippen LogP contribution in [-0.2, 0) is 0 Å². The molecule has 2 aromatic carbocycles. The number of urea groups is 1. The van der Waals surface area contributed by atoms with E-state index < -0.39 is 19.1 Å². The summed E-state index contributed by atoms with van der Waals surface area (Å²) < 4.78 is 23.3. The van der Waals surface area contributed by atoms with Gasteiger partial charge < -0.3 is 14.8 Å². The SMILES string of the molecule is CCC1SC(=O)N(C(NC(=O)N2C=CN=CC2)c2ccccc2)N=C1c1ccc(OC)c(OCF)c1. The minimum atomic E-state index is -1.01. The minimum Gasteiger partial charge on any atom is -0.493 e. The summed E-state index contributed by atoms with van der Waals surface area (Å²) >= 11 is 1.12. The van der Waals surface area contributed by atoms with E-state index in [2.05, 4.69) is 10.3 Å². The van der Waals surface area contributed by atoms with Crippen LogP contribution in [0.3, 0.4) is 0 Å². The molecule has 11 heteroatoms. The Hall–Kier alpha value is -3.86. The van der Waals surface area contributed by atoms with E-state index in [1.165, 1.54) is 23.2 Å². The van der Waals surface area contributed by atoms with Gasteiger partial charge >= 0.3 is 11.3 Å². The summed E-state index contributed by atoms with van der Waals surface area (Å²) in [4.78, 5) is 31.7. The van der Waals surface area contributed by atoms with Crippen LogP contribution in [-0.4, -0.2) is 58.9 Å². The van der Waals surface area contributed by atoms with E-state index in [1.807, 2.05) is 37.3 Å². The molecule has 2 atom stereocenters. The van der Waals surface area contributed by atoms with Crippen molar-refractivity contribution >= 4 is 35.0 Å². The third-order valence-electron chi connectivity index (χ3n) is 5.59. The number of rotatable bonds is 8. The summed E-state index contributed by atoms with van der Waals surface area (Å²) in [7, 11) is 1.47. The lowest BCUT2D eigenvalue weighted by molar-refractivity contribution is 0.174. The molecule has 188 valence electrons. The second kappa shape index (κ2) is 11.7. The number of methoxy groups -OCH3 is 1. The van der Waals surface area contributed by atoms with Gasteiger partial charge in [-0.05, 0) is 30.2 Å². The van der Waals surface area contributed by atoms with Crippen LogP contribution < -0.4 is 14.8 Å². The summed E-state index contributed by atoms with van der Waals surface area (Å²) in [6.07, 6.45) is 4.47. The van der Waals surface area contributed by atoms with Crippen molar-refractivity contribution < 1.29 is 23.5 Å². The molecule has 2 unspecified atom stereocenters. The van der Waals surface area contributed by atoms with E-state index in [4.69, 9.17) is 14.6 Å². The highest BCUT2D eigenvalue weighted by Crippen LogP contribution is 2.36. The van der Waals surface area contributed by atoms with Gasteiger partial charge in [-0.3, -0.25) is 14.7 Å². The summed E-state index contributed by atoms with van der Waals surface area (Å²) in [5.41, 5.74) is 1.95. The number of benzene rings is 2. The number of nitrogens with one attached hydrogen (secondary N) is 1. The van der Waals surface area contributed by atoms with Crippen LogP contribution >= 0.6 is 11.8 Å². The molecule has 0 fully saturated rings. The summed E-state index contributed by atoms with van der Waals surface area (Å²) in [5, 5.41) is 8.39. The van der Waals surface area contributed by atoms with E-state index in [0.29, 0.717) is 35.6 Å². The molecule has 0 saturated heterocycles. The quantitative estimate of drug-likeness (QED) is 0.543. The number of nitrogens with zero attached hydrogens (tertiary/aromatic N) is 4. The van der Waals surface area contributed by atoms with Gasteiger partial charge in [-0.15, -0.1) is 0 Å². The zero-order valence-corrected chi connectivity index (χ0v) is 20.7. The highest BCUT2D eigenvalue weighted by molar-refractivity contribution is 8.14. The molecule has 0 spiro atoms. The largest absolute Gasteiger partial charge is 0.493 e. The molecule has 2 aliphatic rings. The van der Waals surface area contributed by atoms with E-state index in [0.717, 1.165) is 11.8 Å². The second-order valence-corrected chi connectivity index (χ2v) is 8.93. The number of ether oxygens (including phenoxy) is 2. The monoisotopic (exact) mass is 511 g/mol. The molecule has 2 aromatic rings. The van der Waals surface area contributed by atoms with Gasteiger partial charge in [0.1, 0.15) is 0 Å². The maximum atomic E-state index is 13.3. The number of hydrogen-bond acceptors (Lipinski definition) is 7. The van der Waals surface area contributed by atoms with Crippen molar-refractivity contribution in [1.29, 1.82) is 0 Å². The van der Waals surface area contributed by atoms with Gasteiger partial charge in [-0.25, -0.2) is 9.18 Å². The summed E-state index contributed by atoms with van der Waals surface area (Å²) in [6, 6.07) is 13.8. The van der Waals surface area contributed by atoms with Crippen LogP contribution in [0, 0.1) is 0 Å². The Balaban J connectivity index is 1.74. The molecule has 0 aliphatic carbocycles. The first-order valence-corrected chi connectivity index (χ1v) is 12.2. The fourth-order valence-electron chi connectivity index (χ4n) is 3.79. The Labute approximate surface area is 212 Å². The number of carbonyl (C=O) groups is 2. The molecule has 0 saturated carbocycles. The molecule has 0 bridgehead atoms. The number of alkyl halides is 1. The highest BCUT2D eigenvalue weighted by atomic mass is 32.2. The van der Waals surface area contributed by atoms with Crippen molar-refractivity contribution in [2.75, 3.05) is 20.5 Å². The second-order valence-electron chi connectivity index (χ2n) is 7.77. The normalized spacial score (nSPS) is 18.0. The van der Waals surface area contributed by atoms with Gasteiger partial charge in [0.25, 0.3) is 0 Å². The molecule has 0 radical (unpaired) electrons. The first-order chi connectivity index (χ1) is 17.5. The van der Waals surface area contributed by atoms with Crippen LogP contribution in [0.2, 0.25) is 0 Å². The lowest BCUT2D eigenvalue weighted by Gasteiger charge is -2.35. The van der Waals surface area contributed by atoms with E-state index in [-0.39, 0.29) is 16.2 Å². The number of carbonyl (C=O) groups excluding carboxylic acids is 2. The zero-order chi connectivity index (χ0) is 25.5. The average molecular weight is 512 g/mol. The smallest absolute Gasteiger partial charge is 0.323 e. The van der Waals surface area contributed by atoms with E-state index in [1.54, 1.807) is 30.6 Å². The third kappa shape index (κ3) is 5.51. The van der Waals surface area contributed by atoms with Crippen molar-refractivity contribution in [2.24, 2.45) is 10.1 Å². The third-order valence-corrected chi connectivity index (χ3v) is 6.82. The van der Waals surface area contributed by atoms with Crippen LogP contribution in [0.1, 0.15) is 30.6 Å². The Morgan fingerprint density at radius 3 is 2.72 bits per heavy atom. The van der Waals surface area contributed by atoms with Crippen molar-refractivity contribution in [3.05, 3.63) is 72.1 Å². The fourth-order valence-corrected chi connectivity index (χ4v) is 4.75. The number of thioether (sulfide) groups is 1. The van der Waals surface area contributed by atoms with Crippen LogP contribution in [0.25, 0.3) is 0 Å². The number of amides is 3. The maximum absolute atomic E-state index is 13.3. The Morgan fingerprint density at radius 2 is 2.06 bits per heavy atom. The van der Waals surface area contributed by atoms with E-state index >= 15 is 0 Å². The van der Waals surface area contributed by atoms with Gasteiger partial charge in [0.05, 0.1) is 24.6 Å². The number of hydrogen-bond donors (Lipinski definition) is 1. The van der Waals surface area contributed by atoms with Crippen molar-refractivity contribution in [3.8, 4) is 11.5 Å². The Morgan fingerprint density at radius 1 is 1.25 bits per heavy atom. The van der Waals surface area contributed by atoms with Gasteiger partial charge in [-0.1, -0.05) is 49.0 Å². The van der Waals surface area contributed by atoms with Gasteiger partial charge in [0.2, 0.25) is 6.86 Å². The predicted octanol–water partition coefficient (Wildman–Crippen LogP) is 4.92. The standard InChI is InChI=1S/C25H26FN5O4S/c1-3-21-22(18-9-10-19(34-2)20(15-18)35-16-26)29-31(25(33)36-21)23(17-7-5-4-6-8-17)28-24(32)30-13-11-27-12-14-30/h4-13,15,21,23H,3,14,16H2,1-2H3,(H,28,32). The van der Waals surface area contributed by atoms with Crippen molar-refractivity contribution in [3.63, 3.8) is 0 Å². The lowest BCUT2D eigenvalue weighted by Crippen LogP contribution is -2.48. The summed E-state index contributed by atoms with van der Waals surface area (Å²) in [5.74, 6) is 0.615. The highest BCUT2D eigenvalue weighted by Gasteiger charge is 2.36. The van der Waals surface area contributed by atoms with Gasteiger partial charge in [-0.2, -0.15) is 10.1 Å². The van der Waals surface area contributed by atoms with Crippen LogP contribution in [0.5, 0.6) is 11.5 Å². The lowest BCUT2D eigenvalue weighted by atomic mass is 10.0. The molecule has 36 heavy (non-hydrogen) atoms. The van der Waals surface area contributed by atoms with E-state index in [9.17, 15) is 14.0 Å². The Bertz CT molecular complexity index is 1190. The molecule has 4 rings (SSSR count). The van der Waals surface area contributed by atoms with Crippen LogP contribution in [0.4, 0.5) is 14.0 Å². The first kappa shape index (κ1) is 25.2. The van der Waals surface area contributed by atoms with Crippen molar-refractivity contribution in [1.82, 2.24) is 15.2 Å². The molecule has 9 nitrogen and oxygen atoms in total. The molecular formula is C25H26FN5O4S. The van der Waals surface area contributed by atoms with Crippen LogP contribution in [0.15, 0.2) is 71.0 Å². The molecule has 2 heterocycles. The van der Waals surface area contributed by atoms with Gasteiger partial charge in [0, 0.05) is 24.2 Å². The first-order valence-electron chi connectivity index (χ1n) is 11.3. The molecular weight excluding hydrogens is 485 g/mol. The zero-order valence-electron chi connectivity index (χ0n) is 19.8. The fraction of sp³-hybridized carbons (Fsp3) is 0.280. The predicted molar refractivity (Wildman–Crippen MR) is 137 cm³/mol. The Kier molecular flexibility index (Phi) is 8.21. The number of aliphatic imine (C=N–C) groups is 1. The molecule has 2 aliphatic heterocycles. The maximum Gasteiger partial charge on any atom is 0.323 e. The topological polar surface area (TPSA) is 95.8 Å². The van der Waals surface area contributed by atoms with Gasteiger partial charge in [0.15, 0.2) is 17.7 Å². The summed E-state index contributed by atoms with van der Waals surface area (Å²) in [6.45, 7) is 1.25. The number of hydrazone groups is 1. The van der Waals surface area contributed by atoms with Crippen molar-refractivity contribution in [2.45, 2.75) is 24.8 Å². The molecule has 1 N–H and O–H groups in total. The number of halogens is 1. The molecule has 3 amide bonds.